The van der Waals surface area contributed by atoms with Crippen LogP contribution in [0.2, 0.25) is 5.15 Å². The van der Waals surface area contributed by atoms with E-state index in [1.807, 2.05) is 0 Å². The Bertz CT molecular complexity index is 1430. The van der Waals surface area contributed by atoms with Crippen molar-refractivity contribution in [2.45, 2.75) is 31.8 Å². The molecule has 11 nitrogen and oxygen atoms in total. The number of nitrogens with zero attached hydrogens (tertiary/aromatic N) is 3. The van der Waals surface area contributed by atoms with Crippen molar-refractivity contribution in [3.8, 4) is 22.8 Å². The number of esters is 1. The van der Waals surface area contributed by atoms with Crippen LogP contribution in [0.25, 0.3) is 11.1 Å². The Hall–Kier alpha value is -3.90. The molecule has 0 fully saturated rings. The van der Waals surface area contributed by atoms with Gasteiger partial charge in [0, 0.05) is 11.6 Å². The SMILES string of the molecule is COC(=O)C(C)Oc1ccc(-c2ccccc2)c(S(=O)(=O)N(C(=O)OCC(C)C)c2ncc(Cl)nc2OC)c1. The minimum Gasteiger partial charge on any atom is -0.479 e. The number of hydrogen-bond acceptors (Lipinski definition) is 10. The van der Waals surface area contributed by atoms with Gasteiger partial charge in [-0.3, -0.25) is 0 Å². The first-order valence-electron chi connectivity index (χ1n) is 11.7. The number of carbonyl (C=O) groups is 2. The highest BCUT2D eigenvalue weighted by Gasteiger charge is 2.38. The zero-order valence-electron chi connectivity index (χ0n) is 22.0. The summed E-state index contributed by atoms with van der Waals surface area (Å²) in [4.78, 5) is 32.9. The fourth-order valence-corrected chi connectivity index (χ4v) is 5.03. The number of hydrogen-bond donors (Lipinski definition) is 0. The second kappa shape index (κ2) is 12.8. The Morgan fingerprint density at radius 3 is 2.36 bits per heavy atom. The van der Waals surface area contributed by atoms with E-state index in [1.54, 1.807) is 44.2 Å². The molecular formula is C26H28ClN3O8S. The number of benzene rings is 2. The molecule has 3 rings (SSSR count). The maximum absolute atomic E-state index is 14.3. The molecule has 0 aliphatic carbocycles. The van der Waals surface area contributed by atoms with Gasteiger partial charge in [0.2, 0.25) is 5.82 Å². The van der Waals surface area contributed by atoms with Crippen LogP contribution in [0.1, 0.15) is 20.8 Å². The molecule has 1 aromatic heterocycles. The first-order valence-corrected chi connectivity index (χ1v) is 13.5. The molecule has 1 heterocycles. The molecule has 208 valence electrons. The van der Waals surface area contributed by atoms with Gasteiger partial charge in [0.25, 0.3) is 15.9 Å². The Kier molecular flexibility index (Phi) is 9.71. The van der Waals surface area contributed by atoms with Crippen molar-refractivity contribution < 1.29 is 37.0 Å². The van der Waals surface area contributed by atoms with E-state index in [0.29, 0.717) is 9.87 Å². The Morgan fingerprint density at radius 2 is 1.74 bits per heavy atom. The van der Waals surface area contributed by atoms with Crippen molar-refractivity contribution in [3.05, 3.63) is 59.9 Å². The molecule has 0 bridgehead atoms. The maximum Gasteiger partial charge on any atom is 0.430 e. The Balaban J connectivity index is 2.26. The van der Waals surface area contributed by atoms with Gasteiger partial charge in [-0.05, 0) is 30.5 Å². The van der Waals surface area contributed by atoms with Gasteiger partial charge < -0.3 is 18.9 Å². The highest BCUT2D eigenvalue weighted by Crippen LogP contribution is 2.37. The second-order valence-corrected chi connectivity index (χ2v) is 10.7. The van der Waals surface area contributed by atoms with Gasteiger partial charge in [0.15, 0.2) is 11.3 Å². The summed E-state index contributed by atoms with van der Waals surface area (Å²) in [7, 11) is -2.34. The van der Waals surface area contributed by atoms with Crippen molar-refractivity contribution in [1.82, 2.24) is 9.97 Å². The number of carbonyl (C=O) groups excluding carboxylic acids is 2. The van der Waals surface area contributed by atoms with Gasteiger partial charge in [-0.2, -0.15) is 4.98 Å². The molecule has 0 saturated carbocycles. The van der Waals surface area contributed by atoms with Crippen LogP contribution in [-0.4, -0.2) is 57.4 Å². The lowest BCUT2D eigenvalue weighted by atomic mass is 10.1. The summed E-state index contributed by atoms with van der Waals surface area (Å²) in [6.07, 6.45) is -1.19. The van der Waals surface area contributed by atoms with E-state index in [9.17, 15) is 18.0 Å². The predicted octanol–water partition coefficient (Wildman–Crippen LogP) is 4.73. The van der Waals surface area contributed by atoms with E-state index in [1.165, 1.54) is 39.3 Å². The summed E-state index contributed by atoms with van der Waals surface area (Å²) in [5, 5.41) is -0.0827. The minimum atomic E-state index is -4.77. The normalized spacial score (nSPS) is 12.0. The summed E-state index contributed by atoms with van der Waals surface area (Å²) < 4.78 is 49.8. The van der Waals surface area contributed by atoms with Crippen LogP contribution in [0, 0.1) is 5.92 Å². The minimum absolute atomic E-state index is 0.0378. The van der Waals surface area contributed by atoms with Crippen molar-refractivity contribution >= 4 is 39.5 Å². The number of ether oxygens (including phenoxy) is 4. The lowest BCUT2D eigenvalue weighted by Crippen LogP contribution is -2.39. The monoisotopic (exact) mass is 577 g/mol. The molecule has 0 aliphatic rings. The van der Waals surface area contributed by atoms with Gasteiger partial charge in [-0.1, -0.05) is 55.8 Å². The third-order valence-corrected chi connectivity index (χ3v) is 7.07. The molecule has 0 spiro atoms. The predicted molar refractivity (Wildman–Crippen MR) is 143 cm³/mol. The van der Waals surface area contributed by atoms with Crippen LogP contribution in [0.5, 0.6) is 11.6 Å². The molecule has 1 atom stereocenters. The van der Waals surface area contributed by atoms with Gasteiger partial charge in [0.05, 0.1) is 31.9 Å². The van der Waals surface area contributed by atoms with Crippen LogP contribution in [0.4, 0.5) is 10.6 Å². The lowest BCUT2D eigenvalue weighted by molar-refractivity contribution is -0.147. The number of aromatic nitrogens is 2. The summed E-state index contributed by atoms with van der Waals surface area (Å²) in [6, 6.07) is 12.9. The summed E-state index contributed by atoms with van der Waals surface area (Å²) in [6.45, 7) is 4.98. The van der Waals surface area contributed by atoms with E-state index < -0.39 is 34.0 Å². The molecule has 0 radical (unpaired) electrons. The smallest absolute Gasteiger partial charge is 0.430 e. The standard InChI is InChI=1S/C26H28ClN3O8S/c1-16(2)15-37-26(32)30(23-24(35-4)29-22(27)14-28-23)39(33,34)21-13-19(38-17(3)25(31)36-5)11-12-20(21)18-9-7-6-8-10-18/h6-14,16-17H,15H2,1-5H3. The maximum atomic E-state index is 14.3. The Morgan fingerprint density at radius 1 is 1.05 bits per heavy atom. The van der Waals surface area contributed by atoms with Crippen LogP contribution >= 0.6 is 11.6 Å². The van der Waals surface area contributed by atoms with E-state index in [0.717, 1.165) is 6.20 Å². The van der Waals surface area contributed by atoms with Crippen molar-refractivity contribution in [1.29, 1.82) is 0 Å². The van der Waals surface area contributed by atoms with Gasteiger partial charge in [-0.15, -0.1) is 4.31 Å². The summed E-state index contributed by atoms with van der Waals surface area (Å²) in [5.74, 6) is -1.49. The molecule has 1 unspecified atom stereocenters. The number of halogens is 1. The number of amides is 1. The van der Waals surface area contributed by atoms with E-state index in [-0.39, 0.29) is 39.8 Å². The van der Waals surface area contributed by atoms with Crippen LogP contribution in [0.15, 0.2) is 59.6 Å². The van der Waals surface area contributed by atoms with Crippen molar-refractivity contribution in [2.75, 3.05) is 25.1 Å². The average Bonchev–Trinajstić information content (AvgIpc) is 2.92. The summed E-state index contributed by atoms with van der Waals surface area (Å²) >= 11 is 5.93. The molecule has 13 heteroatoms. The van der Waals surface area contributed by atoms with Crippen LogP contribution in [-0.2, 0) is 24.3 Å². The van der Waals surface area contributed by atoms with Gasteiger partial charge in [-0.25, -0.2) is 23.0 Å². The van der Waals surface area contributed by atoms with Crippen molar-refractivity contribution in [3.63, 3.8) is 0 Å². The highest BCUT2D eigenvalue weighted by molar-refractivity contribution is 7.93. The van der Waals surface area contributed by atoms with Gasteiger partial charge in [0.1, 0.15) is 5.75 Å². The van der Waals surface area contributed by atoms with Crippen molar-refractivity contribution in [2.24, 2.45) is 5.92 Å². The molecule has 0 aliphatic heterocycles. The molecule has 3 aromatic rings. The Labute approximate surface area is 231 Å². The van der Waals surface area contributed by atoms with E-state index in [2.05, 4.69) is 9.97 Å². The fraction of sp³-hybridized carbons (Fsp3) is 0.308. The van der Waals surface area contributed by atoms with E-state index >= 15 is 0 Å². The number of anilines is 1. The fourth-order valence-electron chi connectivity index (χ4n) is 3.38. The first-order chi connectivity index (χ1) is 18.5. The van der Waals surface area contributed by atoms with Gasteiger partial charge >= 0.3 is 12.1 Å². The molecule has 2 aromatic carbocycles. The molecule has 0 saturated heterocycles. The number of sulfonamides is 1. The average molecular weight is 578 g/mol. The second-order valence-electron chi connectivity index (χ2n) is 8.57. The third kappa shape index (κ3) is 6.95. The largest absolute Gasteiger partial charge is 0.479 e. The lowest BCUT2D eigenvalue weighted by Gasteiger charge is -2.24. The zero-order chi connectivity index (χ0) is 28.7. The molecule has 0 N–H and O–H groups in total. The quantitative estimate of drug-likeness (QED) is 0.311. The summed E-state index contributed by atoms with van der Waals surface area (Å²) in [5.41, 5.74) is 0.782. The zero-order valence-corrected chi connectivity index (χ0v) is 23.5. The van der Waals surface area contributed by atoms with Crippen LogP contribution < -0.4 is 13.8 Å². The first kappa shape index (κ1) is 29.7. The number of rotatable bonds is 10. The molecular weight excluding hydrogens is 550 g/mol. The van der Waals surface area contributed by atoms with Crippen LogP contribution in [0.3, 0.4) is 0 Å². The number of methoxy groups -OCH3 is 2. The third-order valence-electron chi connectivity index (χ3n) is 5.19. The van der Waals surface area contributed by atoms with E-state index in [4.69, 9.17) is 30.5 Å². The topological polar surface area (TPSA) is 134 Å². The molecule has 39 heavy (non-hydrogen) atoms. The molecule has 1 amide bonds. The highest BCUT2D eigenvalue weighted by atomic mass is 35.5.